The summed E-state index contributed by atoms with van der Waals surface area (Å²) in [5, 5.41) is 10.9. The van der Waals surface area contributed by atoms with E-state index in [0.29, 0.717) is 0 Å². The first-order valence-electron chi connectivity index (χ1n) is 5.90. The fourth-order valence-electron chi connectivity index (χ4n) is 1.68. The predicted octanol–water partition coefficient (Wildman–Crippen LogP) is 1.81. The topological polar surface area (TPSA) is 86.3 Å². The maximum absolute atomic E-state index is 12.2. The fraction of sp³-hybridized carbons (Fsp3) is 0.0714. The number of carboxylic acid groups (broad SMARTS) is 1. The highest BCUT2D eigenvalue weighted by atomic mass is 35.5. The lowest BCUT2D eigenvalue weighted by Gasteiger charge is -2.11. The third-order valence-electron chi connectivity index (χ3n) is 2.77. The molecule has 0 unspecified atom stereocenters. The van der Waals surface area contributed by atoms with Crippen LogP contribution in [0.2, 0.25) is 5.02 Å². The van der Waals surface area contributed by atoms with Gasteiger partial charge in [-0.15, -0.1) is 0 Å². The molecule has 7 heteroatoms. The first-order valence-corrected chi connectivity index (χ1v) is 7.76. The van der Waals surface area contributed by atoms with Crippen LogP contribution >= 0.6 is 11.6 Å². The maximum atomic E-state index is 12.2. The van der Waals surface area contributed by atoms with Crippen molar-refractivity contribution in [2.24, 2.45) is 0 Å². The molecule has 0 aliphatic rings. The smallest absolute Gasteiger partial charge is 0.261 e. The molecule has 0 aliphatic heterocycles. The van der Waals surface area contributed by atoms with E-state index in [2.05, 4.69) is 4.72 Å². The molecule has 2 rings (SSSR count). The van der Waals surface area contributed by atoms with E-state index in [9.17, 15) is 18.3 Å². The van der Waals surface area contributed by atoms with E-state index in [1.165, 1.54) is 24.3 Å². The van der Waals surface area contributed by atoms with E-state index in [1.807, 2.05) is 6.92 Å². The SMILES string of the molecule is Cc1ccc(NS(=O)(=O)c2ccc(C(=O)[O-])cc2)c(Cl)c1. The van der Waals surface area contributed by atoms with E-state index >= 15 is 0 Å². The first-order chi connectivity index (χ1) is 9.79. The van der Waals surface area contributed by atoms with Crippen molar-refractivity contribution >= 4 is 33.3 Å². The third kappa shape index (κ3) is 3.53. The van der Waals surface area contributed by atoms with Crippen molar-refractivity contribution in [3.63, 3.8) is 0 Å². The number of halogens is 1. The first kappa shape index (κ1) is 15.3. The van der Waals surface area contributed by atoms with Gasteiger partial charge in [-0.2, -0.15) is 0 Å². The highest BCUT2D eigenvalue weighted by molar-refractivity contribution is 7.92. The van der Waals surface area contributed by atoms with E-state index in [0.717, 1.165) is 5.56 Å². The minimum atomic E-state index is -3.84. The van der Waals surface area contributed by atoms with Crippen LogP contribution in [0.25, 0.3) is 0 Å². The molecule has 0 fully saturated rings. The average molecular weight is 325 g/mol. The van der Waals surface area contributed by atoms with Gasteiger partial charge in [-0.25, -0.2) is 8.42 Å². The van der Waals surface area contributed by atoms with Gasteiger partial charge < -0.3 is 9.90 Å². The molecule has 0 atom stereocenters. The molecule has 0 bridgehead atoms. The Balaban J connectivity index is 2.31. The fourth-order valence-corrected chi connectivity index (χ4v) is 3.09. The molecular formula is C14H11ClNO4S-. The molecule has 21 heavy (non-hydrogen) atoms. The van der Waals surface area contributed by atoms with Crippen molar-refractivity contribution in [2.75, 3.05) is 4.72 Å². The largest absolute Gasteiger partial charge is 0.545 e. The summed E-state index contributed by atoms with van der Waals surface area (Å²) in [5.41, 5.74) is 1.06. The zero-order valence-electron chi connectivity index (χ0n) is 11.0. The Morgan fingerprint density at radius 2 is 1.76 bits per heavy atom. The Hall–Kier alpha value is -2.05. The molecule has 0 amide bonds. The molecule has 0 radical (unpaired) electrons. The van der Waals surface area contributed by atoms with Gasteiger partial charge in [0.2, 0.25) is 0 Å². The summed E-state index contributed by atoms with van der Waals surface area (Å²) >= 11 is 5.98. The van der Waals surface area contributed by atoms with Crippen molar-refractivity contribution in [3.8, 4) is 0 Å². The number of carboxylic acids is 1. The van der Waals surface area contributed by atoms with Crippen LogP contribution in [0, 0.1) is 6.92 Å². The van der Waals surface area contributed by atoms with Gasteiger partial charge >= 0.3 is 0 Å². The van der Waals surface area contributed by atoms with Crippen LogP contribution in [0.3, 0.4) is 0 Å². The summed E-state index contributed by atoms with van der Waals surface area (Å²) in [4.78, 5) is 10.6. The third-order valence-corrected chi connectivity index (χ3v) is 4.46. The summed E-state index contributed by atoms with van der Waals surface area (Å²) < 4.78 is 26.7. The standard InChI is InChI=1S/C14H12ClNO4S/c1-9-2-7-13(12(15)8-9)16-21(19,20)11-5-3-10(4-6-11)14(17)18/h2-8,16H,1H3,(H,17,18)/p-1. The van der Waals surface area contributed by atoms with Crippen molar-refractivity contribution < 1.29 is 18.3 Å². The summed E-state index contributed by atoms with van der Waals surface area (Å²) in [6, 6.07) is 9.64. The Kier molecular flexibility index (Phi) is 4.20. The number of aryl methyl sites for hydroxylation is 1. The normalized spacial score (nSPS) is 11.1. The number of sulfonamides is 1. The minimum Gasteiger partial charge on any atom is -0.545 e. The Morgan fingerprint density at radius 1 is 1.14 bits per heavy atom. The molecule has 0 spiro atoms. The second kappa shape index (κ2) is 5.75. The van der Waals surface area contributed by atoms with Gasteiger partial charge in [0, 0.05) is 0 Å². The second-order valence-corrected chi connectivity index (χ2v) is 6.49. The number of carbonyl (C=O) groups excluding carboxylic acids is 1. The summed E-state index contributed by atoms with van der Waals surface area (Å²) in [7, 11) is -3.84. The Morgan fingerprint density at radius 3 is 2.29 bits per heavy atom. The molecule has 1 N–H and O–H groups in total. The van der Waals surface area contributed by atoms with Crippen LogP contribution in [0.4, 0.5) is 5.69 Å². The zero-order chi connectivity index (χ0) is 15.6. The highest BCUT2D eigenvalue weighted by Crippen LogP contribution is 2.25. The van der Waals surface area contributed by atoms with E-state index < -0.39 is 16.0 Å². The molecule has 0 saturated heterocycles. The lowest BCUT2D eigenvalue weighted by Crippen LogP contribution is -2.22. The minimum absolute atomic E-state index is 0.0656. The maximum Gasteiger partial charge on any atom is 0.261 e. The number of nitrogens with one attached hydrogen (secondary N) is 1. The van der Waals surface area contributed by atoms with Gasteiger partial charge in [0.05, 0.1) is 21.6 Å². The Labute approximate surface area is 127 Å². The van der Waals surface area contributed by atoms with Crippen LogP contribution in [0.5, 0.6) is 0 Å². The number of rotatable bonds is 4. The summed E-state index contributed by atoms with van der Waals surface area (Å²) in [6.45, 7) is 1.84. The van der Waals surface area contributed by atoms with Crippen LogP contribution < -0.4 is 9.83 Å². The molecule has 0 aromatic heterocycles. The summed E-state index contributed by atoms with van der Waals surface area (Å²) in [6.07, 6.45) is 0. The van der Waals surface area contributed by atoms with Crippen molar-refractivity contribution in [1.29, 1.82) is 0 Å². The monoisotopic (exact) mass is 324 g/mol. The van der Waals surface area contributed by atoms with Crippen LogP contribution in [0.15, 0.2) is 47.4 Å². The number of hydrogen-bond donors (Lipinski definition) is 1. The van der Waals surface area contributed by atoms with Gasteiger partial charge in [0.25, 0.3) is 10.0 Å². The van der Waals surface area contributed by atoms with Gasteiger partial charge in [-0.3, -0.25) is 4.72 Å². The lowest BCUT2D eigenvalue weighted by atomic mass is 10.2. The summed E-state index contributed by atoms with van der Waals surface area (Å²) in [5.74, 6) is -1.37. The molecule has 0 aliphatic carbocycles. The molecule has 110 valence electrons. The quantitative estimate of drug-likeness (QED) is 0.929. The van der Waals surface area contributed by atoms with E-state index in [1.54, 1.807) is 18.2 Å². The number of aromatic carboxylic acids is 1. The molecule has 0 saturated carbocycles. The van der Waals surface area contributed by atoms with Gasteiger partial charge in [0.15, 0.2) is 0 Å². The number of hydrogen-bond acceptors (Lipinski definition) is 4. The van der Waals surface area contributed by atoms with Crippen molar-refractivity contribution in [1.82, 2.24) is 0 Å². The molecule has 0 heterocycles. The number of carbonyl (C=O) groups is 1. The highest BCUT2D eigenvalue weighted by Gasteiger charge is 2.15. The van der Waals surface area contributed by atoms with Gasteiger partial charge in [-0.05, 0) is 42.3 Å². The van der Waals surface area contributed by atoms with Gasteiger partial charge in [-0.1, -0.05) is 29.8 Å². The van der Waals surface area contributed by atoms with Crippen molar-refractivity contribution in [2.45, 2.75) is 11.8 Å². The van der Waals surface area contributed by atoms with Crippen LogP contribution in [-0.2, 0) is 10.0 Å². The molecule has 2 aromatic rings. The lowest BCUT2D eigenvalue weighted by molar-refractivity contribution is -0.255. The van der Waals surface area contributed by atoms with Crippen LogP contribution in [-0.4, -0.2) is 14.4 Å². The van der Waals surface area contributed by atoms with Crippen molar-refractivity contribution in [3.05, 3.63) is 58.6 Å². The predicted molar refractivity (Wildman–Crippen MR) is 77.8 cm³/mol. The zero-order valence-corrected chi connectivity index (χ0v) is 12.5. The Bertz CT molecular complexity index is 785. The molecular weight excluding hydrogens is 314 g/mol. The number of benzene rings is 2. The van der Waals surface area contributed by atoms with E-state index in [4.69, 9.17) is 11.6 Å². The van der Waals surface area contributed by atoms with E-state index in [-0.39, 0.29) is 21.2 Å². The average Bonchev–Trinajstić information content (AvgIpc) is 2.42. The molecule has 2 aromatic carbocycles. The van der Waals surface area contributed by atoms with Crippen LogP contribution in [0.1, 0.15) is 15.9 Å². The number of anilines is 1. The van der Waals surface area contributed by atoms with Gasteiger partial charge in [0.1, 0.15) is 0 Å². The second-order valence-electron chi connectivity index (χ2n) is 4.40. The molecule has 5 nitrogen and oxygen atoms in total.